The number of aromatic nitrogens is 3. The first kappa shape index (κ1) is 11.2. The molecule has 0 spiro atoms. The topological polar surface area (TPSA) is 30.7 Å². The maximum absolute atomic E-state index is 4.29. The molecule has 0 fully saturated rings. The van der Waals surface area contributed by atoms with Gasteiger partial charge in [-0.3, -0.25) is 0 Å². The Morgan fingerprint density at radius 3 is 2.29 bits per heavy atom. The van der Waals surface area contributed by atoms with Crippen LogP contribution in [0.15, 0.2) is 0 Å². The summed E-state index contributed by atoms with van der Waals surface area (Å²) in [5.41, 5.74) is 2.55. The SMILES string of the molecule is CCCn1nnc(C(C)(C)C)c1CC. The van der Waals surface area contributed by atoms with Crippen LogP contribution in [-0.4, -0.2) is 15.0 Å². The van der Waals surface area contributed by atoms with Crippen LogP contribution in [0.3, 0.4) is 0 Å². The van der Waals surface area contributed by atoms with Crippen molar-refractivity contribution < 1.29 is 0 Å². The van der Waals surface area contributed by atoms with Crippen LogP contribution in [0.4, 0.5) is 0 Å². The fourth-order valence-corrected chi connectivity index (χ4v) is 1.66. The average Bonchev–Trinajstić information content (AvgIpc) is 2.47. The van der Waals surface area contributed by atoms with Gasteiger partial charge < -0.3 is 0 Å². The van der Waals surface area contributed by atoms with Crippen molar-refractivity contribution in [3.8, 4) is 0 Å². The molecule has 0 aromatic carbocycles. The van der Waals surface area contributed by atoms with Gasteiger partial charge in [-0.25, -0.2) is 4.68 Å². The molecule has 14 heavy (non-hydrogen) atoms. The zero-order chi connectivity index (χ0) is 10.8. The minimum atomic E-state index is 0.108. The molecular formula is C11H21N3. The summed E-state index contributed by atoms with van der Waals surface area (Å²) in [7, 11) is 0. The molecule has 0 amide bonds. The molecule has 3 heteroatoms. The Morgan fingerprint density at radius 1 is 1.21 bits per heavy atom. The van der Waals surface area contributed by atoms with E-state index in [1.807, 2.05) is 4.68 Å². The van der Waals surface area contributed by atoms with Crippen LogP contribution in [0.5, 0.6) is 0 Å². The number of rotatable bonds is 3. The maximum atomic E-state index is 4.29. The van der Waals surface area contributed by atoms with Gasteiger partial charge in [-0.15, -0.1) is 5.10 Å². The Labute approximate surface area is 86.5 Å². The molecule has 0 saturated carbocycles. The molecule has 3 nitrogen and oxygen atoms in total. The molecule has 0 radical (unpaired) electrons. The van der Waals surface area contributed by atoms with Crippen LogP contribution in [0, 0.1) is 0 Å². The van der Waals surface area contributed by atoms with Crippen molar-refractivity contribution in [1.29, 1.82) is 0 Å². The Morgan fingerprint density at radius 2 is 1.86 bits per heavy atom. The minimum Gasteiger partial charge on any atom is -0.249 e. The van der Waals surface area contributed by atoms with Crippen molar-refractivity contribution in [2.24, 2.45) is 0 Å². The predicted octanol–water partition coefficient (Wildman–Crippen LogP) is 2.55. The second-order valence-electron chi connectivity index (χ2n) is 4.71. The monoisotopic (exact) mass is 195 g/mol. The lowest BCUT2D eigenvalue weighted by atomic mass is 9.90. The molecule has 80 valence electrons. The number of hydrogen-bond donors (Lipinski definition) is 0. The molecule has 1 aromatic heterocycles. The van der Waals surface area contributed by atoms with Crippen LogP contribution >= 0.6 is 0 Å². The van der Waals surface area contributed by atoms with Crippen LogP contribution in [0.25, 0.3) is 0 Å². The molecule has 0 saturated heterocycles. The van der Waals surface area contributed by atoms with E-state index in [9.17, 15) is 0 Å². The van der Waals surface area contributed by atoms with Gasteiger partial charge >= 0.3 is 0 Å². The number of nitrogens with zero attached hydrogens (tertiary/aromatic N) is 3. The third-order valence-corrected chi connectivity index (χ3v) is 2.32. The molecule has 0 unspecified atom stereocenters. The summed E-state index contributed by atoms with van der Waals surface area (Å²) in [5, 5.41) is 8.50. The van der Waals surface area contributed by atoms with Crippen LogP contribution < -0.4 is 0 Å². The quantitative estimate of drug-likeness (QED) is 0.742. The maximum Gasteiger partial charge on any atom is 0.0912 e. The summed E-state index contributed by atoms with van der Waals surface area (Å²) >= 11 is 0. The fraction of sp³-hybridized carbons (Fsp3) is 0.818. The Balaban J connectivity index is 3.07. The van der Waals surface area contributed by atoms with Crippen LogP contribution in [-0.2, 0) is 18.4 Å². The standard InChI is InChI=1S/C11H21N3/c1-6-8-14-9(7-2)10(12-13-14)11(3,4)5/h6-8H2,1-5H3. The first-order valence-corrected chi connectivity index (χ1v) is 5.43. The highest BCUT2D eigenvalue weighted by Gasteiger charge is 2.22. The fourth-order valence-electron chi connectivity index (χ4n) is 1.66. The zero-order valence-corrected chi connectivity index (χ0v) is 9.96. The van der Waals surface area contributed by atoms with E-state index in [1.54, 1.807) is 0 Å². The molecular weight excluding hydrogens is 174 g/mol. The largest absolute Gasteiger partial charge is 0.249 e. The second kappa shape index (κ2) is 4.11. The third kappa shape index (κ3) is 2.14. The lowest BCUT2D eigenvalue weighted by molar-refractivity contribution is 0.553. The second-order valence-corrected chi connectivity index (χ2v) is 4.71. The normalized spacial score (nSPS) is 12.1. The summed E-state index contributed by atoms with van der Waals surface area (Å²) in [4.78, 5) is 0. The van der Waals surface area contributed by atoms with Crippen LogP contribution in [0.1, 0.15) is 52.4 Å². The lowest BCUT2D eigenvalue weighted by Gasteiger charge is -2.16. The molecule has 0 aliphatic carbocycles. The Kier molecular flexibility index (Phi) is 3.29. The highest BCUT2D eigenvalue weighted by Crippen LogP contribution is 2.23. The van der Waals surface area contributed by atoms with Gasteiger partial charge in [0.05, 0.1) is 11.4 Å². The summed E-state index contributed by atoms with van der Waals surface area (Å²) in [6, 6.07) is 0. The van der Waals surface area contributed by atoms with E-state index in [0.717, 1.165) is 25.1 Å². The van der Waals surface area contributed by atoms with E-state index >= 15 is 0 Å². The smallest absolute Gasteiger partial charge is 0.0912 e. The van der Waals surface area contributed by atoms with Crippen molar-refractivity contribution in [1.82, 2.24) is 15.0 Å². The van der Waals surface area contributed by atoms with Gasteiger partial charge in [-0.2, -0.15) is 0 Å². The minimum absolute atomic E-state index is 0.108. The predicted molar refractivity (Wildman–Crippen MR) is 58.4 cm³/mol. The van der Waals surface area contributed by atoms with Crippen molar-refractivity contribution >= 4 is 0 Å². The summed E-state index contributed by atoms with van der Waals surface area (Å²) < 4.78 is 2.04. The molecule has 0 atom stereocenters. The molecule has 0 aliphatic heterocycles. The van der Waals surface area contributed by atoms with E-state index < -0.39 is 0 Å². The first-order chi connectivity index (χ1) is 6.50. The highest BCUT2D eigenvalue weighted by atomic mass is 15.4. The number of aryl methyl sites for hydroxylation is 1. The van der Waals surface area contributed by atoms with Gasteiger partial charge in [0.25, 0.3) is 0 Å². The van der Waals surface area contributed by atoms with Gasteiger partial charge in [0.1, 0.15) is 0 Å². The molecule has 0 aliphatic rings. The third-order valence-electron chi connectivity index (χ3n) is 2.32. The van der Waals surface area contributed by atoms with Crippen molar-refractivity contribution in [3.05, 3.63) is 11.4 Å². The van der Waals surface area contributed by atoms with Crippen molar-refractivity contribution in [2.75, 3.05) is 0 Å². The van der Waals surface area contributed by atoms with Gasteiger partial charge in [0.2, 0.25) is 0 Å². The average molecular weight is 195 g/mol. The molecule has 0 N–H and O–H groups in total. The van der Waals surface area contributed by atoms with Gasteiger partial charge in [0.15, 0.2) is 0 Å². The Bertz CT molecular complexity index is 294. The molecule has 1 rings (SSSR count). The van der Waals surface area contributed by atoms with E-state index in [0.29, 0.717) is 0 Å². The Hall–Kier alpha value is -0.860. The number of hydrogen-bond acceptors (Lipinski definition) is 2. The zero-order valence-electron chi connectivity index (χ0n) is 9.96. The van der Waals surface area contributed by atoms with Gasteiger partial charge in [-0.05, 0) is 12.8 Å². The van der Waals surface area contributed by atoms with Crippen LogP contribution in [0.2, 0.25) is 0 Å². The molecule has 1 aromatic rings. The van der Waals surface area contributed by atoms with E-state index in [1.165, 1.54) is 5.69 Å². The van der Waals surface area contributed by atoms with E-state index in [2.05, 4.69) is 44.9 Å². The summed E-state index contributed by atoms with van der Waals surface area (Å²) in [6.07, 6.45) is 2.12. The van der Waals surface area contributed by atoms with Gasteiger partial charge in [0, 0.05) is 12.0 Å². The van der Waals surface area contributed by atoms with Crippen molar-refractivity contribution in [2.45, 2.75) is 59.4 Å². The highest BCUT2D eigenvalue weighted by molar-refractivity contribution is 5.18. The molecule has 1 heterocycles. The van der Waals surface area contributed by atoms with E-state index in [-0.39, 0.29) is 5.41 Å². The molecule has 0 bridgehead atoms. The van der Waals surface area contributed by atoms with E-state index in [4.69, 9.17) is 0 Å². The summed E-state index contributed by atoms with van der Waals surface area (Å²) in [6.45, 7) is 11.9. The first-order valence-electron chi connectivity index (χ1n) is 5.43. The van der Waals surface area contributed by atoms with Crippen molar-refractivity contribution in [3.63, 3.8) is 0 Å². The van der Waals surface area contributed by atoms with Gasteiger partial charge in [-0.1, -0.05) is 39.8 Å². The lowest BCUT2D eigenvalue weighted by Crippen LogP contribution is -2.15. The summed E-state index contributed by atoms with van der Waals surface area (Å²) in [5.74, 6) is 0.